The van der Waals surface area contributed by atoms with Crippen molar-refractivity contribution in [3.8, 4) is 0 Å². The number of ether oxygens (including phenoxy) is 1. The van der Waals surface area contributed by atoms with E-state index in [1.165, 1.54) is 18.2 Å². The molecule has 0 saturated carbocycles. The molecule has 1 fully saturated rings. The van der Waals surface area contributed by atoms with Gasteiger partial charge in [0.25, 0.3) is 0 Å². The number of benzene rings is 1. The fourth-order valence-corrected chi connectivity index (χ4v) is 2.06. The van der Waals surface area contributed by atoms with Crippen LogP contribution in [0.15, 0.2) is 18.2 Å². The average Bonchev–Trinajstić information content (AvgIpc) is 2.34. The minimum absolute atomic E-state index is 0.0257. The first-order valence-electron chi connectivity index (χ1n) is 6.23. The highest BCUT2D eigenvalue weighted by atomic mass is 19.1. The zero-order valence-electron chi connectivity index (χ0n) is 10.9. The molecule has 1 unspecified atom stereocenters. The van der Waals surface area contributed by atoms with Crippen LogP contribution in [-0.4, -0.2) is 43.2 Å². The molecule has 1 atom stereocenters. The van der Waals surface area contributed by atoms with E-state index in [2.05, 4.69) is 5.32 Å². The summed E-state index contributed by atoms with van der Waals surface area (Å²) in [5.74, 6) is -0.625. The predicted octanol–water partition coefficient (Wildman–Crippen LogP) is 1.07. The maximum Gasteiger partial charge on any atom is 0.238 e. The van der Waals surface area contributed by atoms with E-state index in [0.717, 1.165) is 13.1 Å². The summed E-state index contributed by atoms with van der Waals surface area (Å²) in [4.78, 5) is 13.9. The molecule has 2 rings (SSSR count). The molecule has 1 amide bonds. The molecular formula is C13H18FN3O2. The third-order valence-electron chi connectivity index (χ3n) is 2.97. The average molecular weight is 267 g/mol. The zero-order valence-corrected chi connectivity index (χ0v) is 10.9. The van der Waals surface area contributed by atoms with Crippen molar-refractivity contribution in [2.24, 2.45) is 0 Å². The van der Waals surface area contributed by atoms with E-state index in [4.69, 9.17) is 10.5 Å². The van der Waals surface area contributed by atoms with Gasteiger partial charge in [-0.3, -0.25) is 9.69 Å². The van der Waals surface area contributed by atoms with E-state index in [0.29, 0.717) is 18.8 Å². The van der Waals surface area contributed by atoms with Gasteiger partial charge >= 0.3 is 0 Å². The van der Waals surface area contributed by atoms with Crippen LogP contribution in [0.1, 0.15) is 6.92 Å². The van der Waals surface area contributed by atoms with Crippen LogP contribution in [0.25, 0.3) is 0 Å². The van der Waals surface area contributed by atoms with E-state index in [1.54, 1.807) is 0 Å². The highest BCUT2D eigenvalue weighted by molar-refractivity contribution is 5.92. The second-order valence-electron chi connectivity index (χ2n) is 4.70. The molecule has 6 heteroatoms. The number of morpholine rings is 1. The molecule has 1 aliphatic rings. The molecule has 5 nitrogen and oxygen atoms in total. The molecule has 1 saturated heterocycles. The normalized spacial score (nSPS) is 20.2. The highest BCUT2D eigenvalue weighted by Gasteiger charge is 2.18. The van der Waals surface area contributed by atoms with Crippen LogP contribution in [0.3, 0.4) is 0 Å². The van der Waals surface area contributed by atoms with E-state index < -0.39 is 5.82 Å². The largest absolute Gasteiger partial charge is 0.396 e. The monoisotopic (exact) mass is 267 g/mol. The standard InChI is InChI=1S/C13H18FN3O2/c1-9-7-17(4-5-19-9)8-13(18)16-10-2-3-11(14)12(15)6-10/h2-3,6,9H,4-5,7-8,15H2,1H3,(H,16,18). The number of carbonyl (C=O) groups excluding carboxylic acids is 1. The first-order valence-corrected chi connectivity index (χ1v) is 6.23. The van der Waals surface area contributed by atoms with Gasteiger partial charge in [0.05, 0.1) is 24.9 Å². The summed E-state index contributed by atoms with van der Waals surface area (Å²) in [5, 5.41) is 2.70. The molecule has 0 aliphatic carbocycles. The van der Waals surface area contributed by atoms with Gasteiger partial charge in [-0.15, -0.1) is 0 Å². The van der Waals surface area contributed by atoms with Crippen molar-refractivity contribution in [1.29, 1.82) is 0 Å². The van der Waals surface area contributed by atoms with Crippen LogP contribution in [0, 0.1) is 5.82 Å². The number of amides is 1. The van der Waals surface area contributed by atoms with E-state index in [9.17, 15) is 9.18 Å². The van der Waals surface area contributed by atoms with Crippen LogP contribution in [0.5, 0.6) is 0 Å². The lowest BCUT2D eigenvalue weighted by Crippen LogP contribution is -2.44. The zero-order chi connectivity index (χ0) is 13.8. The summed E-state index contributed by atoms with van der Waals surface area (Å²) >= 11 is 0. The van der Waals surface area contributed by atoms with Gasteiger partial charge in [-0.1, -0.05) is 0 Å². The molecule has 0 spiro atoms. The van der Waals surface area contributed by atoms with Crippen molar-refractivity contribution < 1.29 is 13.9 Å². The number of nitrogens with two attached hydrogens (primary N) is 1. The smallest absolute Gasteiger partial charge is 0.238 e. The van der Waals surface area contributed by atoms with Crippen molar-refractivity contribution in [2.45, 2.75) is 13.0 Å². The Bertz CT molecular complexity index is 467. The summed E-state index contributed by atoms with van der Waals surface area (Å²) in [5.41, 5.74) is 5.98. The number of rotatable bonds is 3. The number of nitrogens with zero attached hydrogens (tertiary/aromatic N) is 1. The van der Waals surface area contributed by atoms with Crippen molar-refractivity contribution in [3.63, 3.8) is 0 Å². The Kier molecular flexibility index (Phi) is 4.34. The van der Waals surface area contributed by atoms with Crippen molar-refractivity contribution in [3.05, 3.63) is 24.0 Å². The van der Waals surface area contributed by atoms with Crippen LogP contribution >= 0.6 is 0 Å². The maximum atomic E-state index is 13.0. The van der Waals surface area contributed by atoms with Gasteiger partial charge < -0.3 is 15.8 Å². The van der Waals surface area contributed by atoms with Gasteiger partial charge in [0, 0.05) is 18.8 Å². The van der Waals surface area contributed by atoms with Gasteiger partial charge in [0.2, 0.25) is 5.91 Å². The van der Waals surface area contributed by atoms with Crippen molar-refractivity contribution >= 4 is 17.3 Å². The number of hydrogen-bond acceptors (Lipinski definition) is 4. The fraction of sp³-hybridized carbons (Fsp3) is 0.462. The quantitative estimate of drug-likeness (QED) is 0.804. The number of nitrogen functional groups attached to an aromatic ring is 1. The second-order valence-corrected chi connectivity index (χ2v) is 4.70. The molecule has 0 radical (unpaired) electrons. The van der Waals surface area contributed by atoms with Crippen molar-refractivity contribution in [2.75, 3.05) is 37.3 Å². The molecule has 0 aromatic heterocycles. The Morgan fingerprint density at radius 1 is 1.63 bits per heavy atom. The first kappa shape index (κ1) is 13.8. The Morgan fingerprint density at radius 2 is 2.42 bits per heavy atom. The molecular weight excluding hydrogens is 249 g/mol. The van der Waals surface area contributed by atoms with Gasteiger partial charge in [-0.2, -0.15) is 0 Å². The number of halogens is 1. The Hall–Kier alpha value is -1.66. The van der Waals surface area contributed by atoms with Crippen LogP contribution in [0.4, 0.5) is 15.8 Å². The number of nitrogens with one attached hydrogen (secondary N) is 1. The third kappa shape index (κ3) is 3.90. The SMILES string of the molecule is CC1CN(CC(=O)Nc2ccc(F)c(N)c2)CCO1. The lowest BCUT2D eigenvalue weighted by atomic mass is 10.2. The van der Waals surface area contributed by atoms with Crippen LogP contribution in [0.2, 0.25) is 0 Å². The van der Waals surface area contributed by atoms with Gasteiger partial charge in [-0.25, -0.2) is 4.39 Å². The van der Waals surface area contributed by atoms with Crippen molar-refractivity contribution in [1.82, 2.24) is 4.90 Å². The Labute approximate surface area is 111 Å². The molecule has 0 bridgehead atoms. The lowest BCUT2D eigenvalue weighted by Gasteiger charge is -2.30. The summed E-state index contributed by atoms with van der Waals surface area (Å²) in [6.45, 7) is 4.38. The molecule has 1 aliphatic heterocycles. The topological polar surface area (TPSA) is 67.6 Å². The Morgan fingerprint density at radius 3 is 3.11 bits per heavy atom. The molecule has 1 aromatic carbocycles. The number of anilines is 2. The summed E-state index contributed by atoms with van der Waals surface area (Å²) < 4.78 is 18.4. The van der Waals surface area contributed by atoms with Gasteiger partial charge in [-0.05, 0) is 25.1 Å². The second kappa shape index (κ2) is 5.99. The van der Waals surface area contributed by atoms with E-state index >= 15 is 0 Å². The molecule has 1 aromatic rings. The molecule has 3 N–H and O–H groups in total. The number of carbonyl (C=O) groups is 1. The Balaban J connectivity index is 1.88. The summed E-state index contributed by atoms with van der Waals surface area (Å²) in [7, 11) is 0. The first-order chi connectivity index (χ1) is 9.04. The minimum atomic E-state index is -0.486. The molecule has 104 valence electrons. The van der Waals surface area contributed by atoms with E-state index in [-0.39, 0.29) is 17.7 Å². The predicted molar refractivity (Wildman–Crippen MR) is 71.3 cm³/mol. The summed E-state index contributed by atoms with van der Waals surface area (Å²) in [6, 6.07) is 4.14. The highest BCUT2D eigenvalue weighted by Crippen LogP contribution is 2.16. The van der Waals surface area contributed by atoms with E-state index in [1.807, 2.05) is 11.8 Å². The van der Waals surface area contributed by atoms with Gasteiger partial charge in [0.1, 0.15) is 5.82 Å². The summed E-state index contributed by atoms with van der Waals surface area (Å²) in [6.07, 6.45) is 0.142. The molecule has 1 heterocycles. The minimum Gasteiger partial charge on any atom is -0.396 e. The van der Waals surface area contributed by atoms with Crippen LogP contribution < -0.4 is 11.1 Å². The third-order valence-corrected chi connectivity index (χ3v) is 2.97. The van der Waals surface area contributed by atoms with Crippen LogP contribution in [-0.2, 0) is 9.53 Å². The lowest BCUT2D eigenvalue weighted by molar-refractivity contribution is -0.119. The molecule has 19 heavy (non-hydrogen) atoms. The maximum absolute atomic E-state index is 13.0. The number of hydrogen-bond donors (Lipinski definition) is 2. The van der Waals surface area contributed by atoms with Gasteiger partial charge in [0.15, 0.2) is 0 Å². The fourth-order valence-electron chi connectivity index (χ4n) is 2.06.